The molecule has 0 aliphatic rings. The molecular formula is C27H36N4O2. The van der Waals surface area contributed by atoms with E-state index in [9.17, 15) is 9.59 Å². The van der Waals surface area contributed by atoms with Crippen LogP contribution in [-0.4, -0.2) is 24.2 Å². The number of hydrogen-bond acceptors (Lipinski definition) is 4. The molecule has 0 bridgehead atoms. The summed E-state index contributed by atoms with van der Waals surface area (Å²) in [6.07, 6.45) is 6.27. The Kier molecular flexibility index (Phi) is 11.0. The van der Waals surface area contributed by atoms with Crippen molar-refractivity contribution in [3.63, 3.8) is 0 Å². The van der Waals surface area contributed by atoms with E-state index in [4.69, 9.17) is 0 Å². The molecule has 6 nitrogen and oxygen atoms in total. The average molecular weight is 449 g/mol. The molecule has 0 aromatic heterocycles. The number of amides is 2. The number of carbonyl (C=O) groups excluding carboxylic acids is 2. The molecule has 2 rings (SSSR count). The van der Waals surface area contributed by atoms with Gasteiger partial charge in [0.05, 0.1) is 12.4 Å². The van der Waals surface area contributed by atoms with Crippen molar-refractivity contribution in [2.45, 2.75) is 71.6 Å². The van der Waals surface area contributed by atoms with Gasteiger partial charge in [-0.05, 0) is 46.9 Å². The molecule has 0 unspecified atom stereocenters. The second-order valence-corrected chi connectivity index (χ2v) is 8.79. The van der Waals surface area contributed by atoms with Crippen molar-refractivity contribution in [3.05, 3.63) is 70.8 Å². The van der Waals surface area contributed by atoms with Gasteiger partial charge in [0.25, 0.3) is 0 Å². The van der Waals surface area contributed by atoms with Crippen LogP contribution in [0.2, 0.25) is 0 Å². The quantitative estimate of drug-likeness (QED) is 0.256. The Morgan fingerprint density at radius 3 is 1.36 bits per heavy atom. The first-order chi connectivity index (χ1) is 15.8. The van der Waals surface area contributed by atoms with E-state index in [-0.39, 0.29) is 11.8 Å². The maximum atomic E-state index is 11.9. The van der Waals surface area contributed by atoms with Crippen LogP contribution in [-0.2, 0) is 9.59 Å². The minimum atomic E-state index is -0.123. The van der Waals surface area contributed by atoms with Crippen LogP contribution in [0.5, 0.6) is 0 Å². The molecule has 0 radical (unpaired) electrons. The zero-order valence-electron chi connectivity index (χ0n) is 20.2. The number of carbonyl (C=O) groups is 2. The highest BCUT2D eigenvalue weighted by Gasteiger charge is 2.03. The third-order valence-electron chi connectivity index (χ3n) is 5.32. The minimum Gasteiger partial charge on any atom is -0.273 e. The van der Waals surface area contributed by atoms with Crippen molar-refractivity contribution in [1.29, 1.82) is 0 Å². The van der Waals surface area contributed by atoms with Crippen molar-refractivity contribution < 1.29 is 9.59 Å². The molecule has 0 fully saturated rings. The van der Waals surface area contributed by atoms with Crippen molar-refractivity contribution in [2.75, 3.05) is 0 Å². The van der Waals surface area contributed by atoms with E-state index < -0.39 is 0 Å². The first-order valence-electron chi connectivity index (χ1n) is 11.7. The SMILES string of the molecule is CC(C)c1ccc(/C=N/NC(=O)CCCCCC(=O)N/N=C/c2ccc(C(C)C)cc2)cc1. The summed E-state index contributed by atoms with van der Waals surface area (Å²) in [5.74, 6) is 0.731. The molecule has 2 N–H and O–H groups in total. The monoisotopic (exact) mass is 448 g/mol. The lowest BCUT2D eigenvalue weighted by Gasteiger charge is -2.04. The Balaban J connectivity index is 1.56. The predicted molar refractivity (Wildman–Crippen MR) is 136 cm³/mol. The van der Waals surface area contributed by atoms with E-state index in [0.29, 0.717) is 37.5 Å². The van der Waals surface area contributed by atoms with Crippen LogP contribution < -0.4 is 10.9 Å². The zero-order valence-corrected chi connectivity index (χ0v) is 20.2. The lowest BCUT2D eigenvalue weighted by atomic mass is 10.0. The standard InChI is InChI=1S/C27H36N4O2/c1-20(2)24-14-10-22(11-15-24)18-28-30-26(32)8-6-5-7-9-27(33)31-29-19-23-12-16-25(17-13-23)21(3)4/h10-21H,5-9H2,1-4H3,(H,30,32)(H,31,33)/b28-18+,29-19+. The third kappa shape index (κ3) is 10.3. The highest BCUT2D eigenvalue weighted by atomic mass is 16.2. The van der Waals surface area contributed by atoms with Gasteiger partial charge in [0.2, 0.25) is 11.8 Å². The number of benzene rings is 2. The summed E-state index contributed by atoms with van der Waals surface area (Å²) in [5.41, 5.74) is 9.54. The molecule has 0 spiro atoms. The zero-order chi connectivity index (χ0) is 24.1. The maximum Gasteiger partial charge on any atom is 0.240 e. The van der Waals surface area contributed by atoms with E-state index in [1.807, 2.05) is 24.3 Å². The second kappa shape index (κ2) is 14.0. The molecule has 33 heavy (non-hydrogen) atoms. The third-order valence-corrected chi connectivity index (χ3v) is 5.32. The lowest BCUT2D eigenvalue weighted by molar-refractivity contribution is -0.121. The maximum absolute atomic E-state index is 11.9. The number of rotatable bonds is 12. The number of unbranched alkanes of at least 4 members (excludes halogenated alkanes) is 2. The van der Waals surface area contributed by atoms with E-state index in [2.05, 4.69) is 73.0 Å². The molecule has 2 aromatic carbocycles. The van der Waals surface area contributed by atoms with Crippen molar-refractivity contribution in [3.8, 4) is 0 Å². The summed E-state index contributed by atoms with van der Waals surface area (Å²) >= 11 is 0. The van der Waals surface area contributed by atoms with Crippen LogP contribution in [0.3, 0.4) is 0 Å². The van der Waals surface area contributed by atoms with Gasteiger partial charge in [-0.2, -0.15) is 10.2 Å². The molecule has 0 saturated carbocycles. The molecule has 0 saturated heterocycles. The van der Waals surface area contributed by atoms with Gasteiger partial charge in [-0.15, -0.1) is 0 Å². The Hall–Kier alpha value is -3.28. The van der Waals surface area contributed by atoms with E-state index in [1.54, 1.807) is 12.4 Å². The Morgan fingerprint density at radius 2 is 1.03 bits per heavy atom. The van der Waals surface area contributed by atoms with E-state index in [0.717, 1.165) is 17.5 Å². The predicted octanol–water partition coefficient (Wildman–Crippen LogP) is 5.48. The normalized spacial score (nSPS) is 11.6. The first kappa shape index (κ1) is 26.0. The topological polar surface area (TPSA) is 82.9 Å². The fourth-order valence-corrected chi connectivity index (χ4v) is 3.15. The van der Waals surface area contributed by atoms with E-state index in [1.165, 1.54) is 11.1 Å². The molecule has 0 aliphatic carbocycles. The molecule has 2 aromatic rings. The van der Waals surface area contributed by atoms with Gasteiger partial charge in [0, 0.05) is 12.8 Å². The molecule has 176 valence electrons. The molecule has 6 heteroatoms. The summed E-state index contributed by atoms with van der Waals surface area (Å²) in [5, 5.41) is 8.02. The van der Waals surface area contributed by atoms with Gasteiger partial charge < -0.3 is 0 Å². The van der Waals surface area contributed by atoms with Crippen molar-refractivity contribution >= 4 is 24.2 Å². The van der Waals surface area contributed by atoms with Gasteiger partial charge in [-0.25, -0.2) is 10.9 Å². The van der Waals surface area contributed by atoms with E-state index >= 15 is 0 Å². The minimum absolute atomic E-state index is 0.123. The molecule has 2 amide bonds. The average Bonchev–Trinajstić information content (AvgIpc) is 2.79. The molecule has 0 heterocycles. The molecular weight excluding hydrogens is 412 g/mol. The summed E-state index contributed by atoms with van der Waals surface area (Å²) < 4.78 is 0. The van der Waals surface area contributed by atoms with Gasteiger partial charge in [-0.3, -0.25) is 9.59 Å². The van der Waals surface area contributed by atoms with Crippen LogP contribution in [0.25, 0.3) is 0 Å². The number of hydrazone groups is 2. The van der Waals surface area contributed by atoms with Crippen LogP contribution in [0, 0.1) is 0 Å². The Bertz CT molecular complexity index is 852. The van der Waals surface area contributed by atoms with Gasteiger partial charge >= 0.3 is 0 Å². The number of nitrogens with one attached hydrogen (secondary N) is 2. The van der Waals surface area contributed by atoms with Crippen molar-refractivity contribution in [1.82, 2.24) is 10.9 Å². The van der Waals surface area contributed by atoms with Crippen LogP contribution >= 0.6 is 0 Å². The van der Waals surface area contributed by atoms with Crippen LogP contribution in [0.1, 0.15) is 93.9 Å². The fourth-order valence-electron chi connectivity index (χ4n) is 3.15. The van der Waals surface area contributed by atoms with Crippen LogP contribution in [0.15, 0.2) is 58.7 Å². The first-order valence-corrected chi connectivity index (χ1v) is 11.7. The summed E-state index contributed by atoms with van der Waals surface area (Å²) in [6.45, 7) is 8.60. The summed E-state index contributed by atoms with van der Waals surface area (Å²) in [4.78, 5) is 23.8. The highest BCUT2D eigenvalue weighted by molar-refractivity contribution is 5.83. The molecule has 0 atom stereocenters. The van der Waals surface area contributed by atoms with Gasteiger partial charge in [0.1, 0.15) is 0 Å². The fraction of sp³-hybridized carbons (Fsp3) is 0.407. The second-order valence-electron chi connectivity index (χ2n) is 8.79. The number of nitrogens with zero attached hydrogens (tertiary/aromatic N) is 2. The smallest absolute Gasteiger partial charge is 0.240 e. The Morgan fingerprint density at radius 1 is 0.667 bits per heavy atom. The lowest BCUT2D eigenvalue weighted by Crippen LogP contribution is -2.18. The van der Waals surface area contributed by atoms with Gasteiger partial charge in [-0.1, -0.05) is 82.6 Å². The summed E-state index contributed by atoms with van der Waals surface area (Å²) in [7, 11) is 0. The largest absolute Gasteiger partial charge is 0.273 e. The number of hydrogen-bond donors (Lipinski definition) is 2. The Labute approximate surface area is 197 Å². The highest BCUT2D eigenvalue weighted by Crippen LogP contribution is 2.14. The molecule has 0 aliphatic heterocycles. The van der Waals surface area contributed by atoms with Crippen molar-refractivity contribution in [2.24, 2.45) is 10.2 Å². The van der Waals surface area contributed by atoms with Crippen LogP contribution in [0.4, 0.5) is 0 Å². The summed E-state index contributed by atoms with van der Waals surface area (Å²) in [6, 6.07) is 16.2. The van der Waals surface area contributed by atoms with Gasteiger partial charge in [0.15, 0.2) is 0 Å².